The highest BCUT2D eigenvalue weighted by Crippen LogP contribution is 2.41. The van der Waals surface area contributed by atoms with Gasteiger partial charge in [-0.1, -0.05) is 18.2 Å². The molecule has 6 nitrogen and oxygen atoms in total. The number of alkyl halides is 3. The van der Waals surface area contributed by atoms with E-state index >= 15 is 0 Å². The van der Waals surface area contributed by atoms with Crippen LogP contribution in [-0.4, -0.2) is 21.4 Å². The molecule has 11 heteroatoms. The molecule has 0 saturated heterocycles. The van der Waals surface area contributed by atoms with Crippen LogP contribution in [0.25, 0.3) is 11.6 Å². The highest BCUT2D eigenvalue weighted by Gasteiger charge is 2.34. The van der Waals surface area contributed by atoms with Crippen molar-refractivity contribution in [2.24, 2.45) is 5.84 Å². The van der Waals surface area contributed by atoms with E-state index in [1.54, 1.807) is 10.9 Å². The third-order valence-corrected chi connectivity index (χ3v) is 5.14. The zero-order valence-corrected chi connectivity index (χ0v) is 14.9. The number of hydrazine groups is 1. The van der Waals surface area contributed by atoms with Crippen LogP contribution in [0.15, 0.2) is 41.3 Å². The maximum atomic E-state index is 14.4. The van der Waals surface area contributed by atoms with Crippen molar-refractivity contribution in [3.63, 3.8) is 0 Å². The first-order chi connectivity index (χ1) is 13.1. The van der Waals surface area contributed by atoms with Gasteiger partial charge >= 0.3 is 6.36 Å². The standard InChI is InChI=1S/C17H14F4N2O4S/c18-15-14(27-17(19,20)21)6-5-13-11(7-8-26-16(13)15)9-10-1-3-12(4-2-10)28(24,25)23-22/h1-6,9,23H,7-8,22H2. The second-order valence-corrected chi connectivity index (χ2v) is 7.47. The van der Waals surface area contributed by atoms with E-state index in [0.29, 0.717) is 23.1 Å². The van der Waals surface area contributed by atoms with Gasteiger partial charge in [-0.2, -0.15) is 9.22 Å². The topological polar surface area (TPSA) is 90.7 Å². The van der Waals surface area contributed by atoms with Crippen LogP contribution in [0.4, 0.5) is 17.6 Å². The summed E-state index contributed by atoms with van der Waals surface area (Å²) in [5.74, 6) is 2.42. The summed E-state index contributed by atoms with van der Waals surface area (Å²) in [5, 5.41) is 0. The smallest absolute Gasteiger partial charge is 0.489 e. The highest BCUT2D eigenvalue weighted by molar-refractivity contribution is 7.89. The van der Waals surface area contributed by atoms with Gasteiger partial charge in [-0.05, 0) is 35.4 Å². The molecule has 1 aliphatic rings. The van der Waals surface area contributed by atoms with Crippen molar-refractivity contribution in [3.05, 3.63) is 53.3 Å². The van der Waals surface area contributed by atoms with Crippen molar-refractivity contribution in [1.29, 1.82) is 0 Å². The average molecular weight is 418 g/mol. The molecule has 0 atom stereocenters. The van der Waals surface area contributed by atoms with Crippen molar-refractivity contribution >= 4 is 21.7 Å². The van der Waals surface area contributed by atoms with Gasteiger partial charge in [0, 0.05) is 12.0 Å². The molecular formula is C17H14F4N2O4S. The molecule has 1 heterocycles. The molecule has 0 bridgehead atoms. The Kier molecular flexibility index (Phi) is 5.33. The van der Waals surface area contributed by atoms with E-state index in [0.717, 1.165) is 6.07 Å². The predicted molar refractivity (Wildman–Crippen MR) is 92.0 cm³/mol. The summed E-state index contributed by atoms with van der Waals surface area (Å²) in [7, 11) is -3.79. The number of ether oxygens (including phenoxy) is 2. The van der Waals surface area contributed by atoms with E-state index in [9.17, 15) is 26.0 Å². The van der Waals surface area contributed by atoms with E-state index < -0.39 is 28.0 Å². The Bertz CT molecular complexity index is 1020. The largest absolute Gasteiger partial charge is 0.573 e. The Morgan fingerprint density at radius 3 is 2.43 bits per heavy atom. The van der Waals surface area contributed by atoms with Crippen molar-refractivity contribution in [3.8, 4) is 11.5 Å². The van der Waals surface area contributed by atoms with Crippen molar-refractivity contribution < 1.29 is 35.5 Å². The summed E-state index contributed by atoms with van der Waals surface area (Å²) in [5.41, 5.74) is 1.51. The van der Waals surface area contributed by atoms with Crippen molar-refractivity contribution in [1.82, 2.24) is 4.83 Å². The Labute approximate surface area is 157 Å². The van der Waals surface area contributed by atoms with Crippen LogP contribution in [-0.2, 0) is 10.0 Å². The van der Waals surface area contributed by atoms with Crippen LogP contribution in [0.5, 0.6) is 11.5 Å². The molecule has 2 aromatic rings. The fourth-order valence-corrected chi connectivity index (χ4v) is 3.33. The number of rotatable bonds is 4. The minimum Gasteiger partial charge on any atom is -0.489 e. The van der Waals surface area contributed by atoms with Gasteiger partial charge in [0.25, 0.3) is 10.0 Å². The molecule has 28 heavy (non-hydrogen) atoms. The minimum absolute atomic E-state index is 0.0375. The van der Waals surface area contributed by atoms with Crippen LogP contribution in [0, 0.1) is 5.82 Å². The summed E-state index contributed by atoms with van der Waals surface area (Å²) >= 11 is 0. The molecule has 1 aliphatic heterocycles. The molecule has 0 aliphatic carbocycles. The van der Waals surface area contributed by atoms with Gasteiger partial charge in [-0.15, -0.1) is 13.2 Å². The van der Waals surface area contributed by atoms with Gasteiger partial charge in [0.1, 0.15) is 0 Å². The monoisotopic (exact) mass is 418 g/mol. The summed E-state index contributed by atoms with van der Waals surface area (Å²) < 4.78 is 83.6. The second kappa shape index (κ2) is 7.41. The molecule has 0 amide bonds. The highest BCUT2D eigenvalue weighted by atomic mass is 32.2. The van der Waals surface area contributed by atoms with Crippen LogP contribution < -0.4 is 20.1 Å². The molecule has 3 N–H and O–H groups in total. The van der Waals surface area contributed by atoms with Gasteiger partial charge in [0.15, 0.2) is 11.5 Å². The first-order valence-electron chi connectivity index (χ1n) is 7.85. The van der Waals surface area contributed by atoms with Gasteiger partial charge in [-0.3, -0.25) is 5.84 Å². The number of sulfonamides is 1. The summed E-state index contributed by atoms with van der Waals surface area (Å²) in [6.45, 7) is 0.0643. The fourth-order valence-electron chi connectivity index (χ4n) is 2.70. The van der Waals surface area contributed by atoms with Gasteiger partial charge < -0.3 is 9.47 Å². The summed E-state index contributed by atoms with van der Waals surface area (Å²) in [6, 6.07) is 7.87. The number of nitrogens with one attached hydrogen (secondary N) is 1. The minimum atomic E-state index is -5.02. The lowest BCUT2D eigenvalue weighted by Crippen LogP contribution is -2.30. The molecule has 2 aromatic carbocycles. The number of halogens is 4. The molecule has 150 valence electrons. The maximum Gasteiger partial charge on any atom is 0.573 e. The Balaban J connectivity index is 1.95. The lowest BCUT2D eigenvalue weighted by molar-refractivity contribution is -0.275. The molecular weight excluding hydrogens is 404 g/mol. The van der Waals surface area contributed by atoms with E-state index in [4.69, 9.17) is 10.6 Å². The molecule has 3 rings (SSSR count). The Hall–Kier alpha value is -2.63. The SMILES string of the molecule is NNS(=O)(=O)c1ccc(C=C2CCOc3c2ccc(OC(F)(F)F)c3F)cc1. The number of hydrogen-bond acceptors (Lipinski definition) is 5. The quantitative estimate of drug-likeness (QED) is 0.452. The third kappa shape index (κ3) is 4.26. The molecule has 0 unspecified atom stereocenters. The second-order valence-electron chi connectivity index (χ2n) is 5.76. The van der Waals surface area contributed by atoms with Gasteiger partial charge in [0.05, 0.1) is 11.5 Å². The number of hydrogen-bond donors (Lipinski definition) is 2. The average Bonchev–Trinajstić information content (AvgIpc) is 2.64. The first-order valence-corrected chi connectivity index (χ1v) is 9.33. The van der Waals surface area contributed by atoms with E-state index in [1.165, 1.54) is 30.3 Å². The summed E-state index contributed by atoms with van der Waals surface area (Å²) in [4.78, 5) is 1.67. The first kappa shape index (κ1) is 20.1. The number of nitrogens with two attached hydrogens (primary N) is 1. The maximum absolute atomic E-state index is 14.4. The van der Waals surface area contributed by atoms with Crippen molar-refractivity contribution in [2.75, 3.05) is 6.61 Å². The van der Waals surface area contributed by atoms with Gasteiger partial charge in [-0.25, -0.2) is 8.42 Å². The van der Waals surface area contributed by atoms with E-state index in [2.05, 4.69) is 4.74 Å². The predicted octanol–water partition coefficient (Wildman–Crippen LogP) is 3.20. The van der Waals surface area contributed by atoms with Gasteiger partial charge in [0.2, 0.25) is 5.82 Å². The Morgan fingerprint density at radius 2 is 1.82 bits per heavy atom. The lowest BCUT2D eigenvalue weighted by Gasteiger charge is -2.22. The normalized spacial score (nSPS) is 15.8. The van der Waals surface area contributed by atoms with Crippen LogP contribution in [0.2, 0.25) is 0 Å². The molecule has 0 fully saturated rings. The fraction of sp³-hybridized carbons (Fsp3) is 0.176. The van der Waals surface area contributed by atoms with Crippen LogP contribution in [0.1, 0.15) is 17.5 Å². The third-order valence-electron chi connectivity index (χ3n) is 3.94. The Morgan fingerprint density at radius 1 is 1.14 bits per heavy atom. The van der Waals surface area contributed by atoms with Crippen LogP contribution in [0.3, 0.4) is 0 Å². The number of fused-ring (bicyclic) bond motifs is 1. The van der Waals surface area contributed by atoms with Crippen molar-refractivity contribution in [2.45, 2.75) is 17.7 Å². The summed E-state index contributed by atoms with van der Waals surface area (Å²) in [6.07, 6.45) is -2.98. The number of benzene rings is 2. The lowest BCUT2D eigenvalue weighted by atomic mass is 9.97. The van der Waals surface area contributed by atoms with Crippen LogP contribution >= 0.6 is 0 Å². The van der Waals surface area contributed by atoms with E-state index in [-0.39, 0.29) is 17.3 Å². The van der Waals surface area contributed by atoms with E-state index in [1.807, 2.05) is 0 Å². The molecule has 0 saturated carbocycles. The molecule has 0 radical (unpaired) electrons. The molecule has 0 spiro atoms. The zero-order chi connectivity index (χ0) is 20.5. The molecule has 0 aromatic heterocycles. The zero-order valence-electron chi connectivity index (χ0n) is 14.1.